The van der Waals surface area contributed by atoms with E-state index in [2.05, 4.69) is 10.1 Å². The zero-order valence-electron chi connectivity index (χ0n) is 8.67. The molecule has 0 radical (unpaired) electrons. The molecule has 0 fully saturated rings. The highest BCUT2D eigenvalue weighted by molar-refractivity contribution is 5.84. The fraction of sp³-hybridized carbons (Fsp3) is 0.222. The van der Waals surface area contributed by atoms with Crippen molar-refractivity contribution >= 4 is 5.97 Å². The van der Waals surface area contributed by atoms with E-state index in [4.69, 9.17) is 14.3 Å². The monoisotopic (exact) mass is 223 g/mol. The minimum absolute atomic E-state index is 0.125. The molecular formula is C9H9N3O4. The van der Waals surface area contributed by atoms with E-state index in [-0.39, 0.29) is 11.8 Å². The Morgan fingerprint density at radius 2 is 2.38 bits per heavy atom. The third kappa shape index (κ3) is 1.88. The maximum absolute atomic E-state index is 10.5. The molecular weight excluding hydrogens is 214 g/mol. The molecule has 0 amide bonds. The quantitative estimate of drug-likeness (QED) is 0.840. The van der Waals surface area contributed by atoms with Crippen LogP contribution in [-0.2, 0) is 7.05 Å². The van der Waals surface area contributed by atoms with E-state index in [1.807, 2.05) is 6.92 Å². The standard InChI is InChI=1S/C9H9N3O4/c1-5-3-7(12(2)11-5)16-9-10-6(4-15-9)8(13)14/h3-4H,1-2H3,(H,13,14). The fourth-order valence-corrected chi connectivity index (χ4v) is 1.17. The number of aromatic nitrogens is 3. The Morgan fingerprint density at radius 3 is 2.88 bits per heavy atom. The smallest absolute Gasteiger partial charge is 0.401 e. The van der Waals surface area contributed by atoms with E-state index in [0.717, 1.165) is 12.0 Å². The van der Waals surface area contributed by atoms with Crippen LogP contribution in [0, 0.1) is 6.92 Å². The van der Waals surface area contributed by atoms with Gasteiger partial charge in [0.05, 0.1) is 5.69 Å². The molecule has 1 N–H and O–H groups in total. The number of oxazole rings is 1. The van der Waals surface area contributed by atoms with E-state index in [0.29, 0.717) is 5.88 Å². The van der Waals surface area contributed by atoms with Crippen LogP contribution >= 0.6 is 0 Å². The molecule has 0 saturated carbocycles. The second kappa shape index (κ2) is 3.69. The molecule has 84 valence electrons. The molecule has 2 heterocycles. The molecule has 0 unspecified atom stereocenters. The number of carboxylic acid groups (broad SMARTS) is 1. The van der Waals surface area contributed by atoms with Crippen molar-refractivity contribution in [3.8, 4) is 12.0 Å². The van der Waals surface area contributed by atoms with Gasteiger partial charge in [-0.1, -0.05) is 0 Å². The van der Waals surface area contributed by atoms with Crippen LogP contribution in [0.5, 0.6) is 12.0 Å². The average molecular weight is 223 g/mol. The molecule has 0 saturated heterocycles. The molecule has 0 spiro atoms. The highest BCUT2D eigenvalue weighted by atomic mass is 16.6. The average Bonchev–Trinajstić information content (AvgIpc) is 2.75. The number of rotatable bonds is 3. The van der Waals surface area contributed by atoms with E-state index in [1.54, 1.807) is 13.1 Å². The molecule has 7 nitrogen and oxygen atoms in total. The van der Waals surface area contributed by atoms with Gasteiger partial charge in [0.15, 0.2) is 5.69 Å². The molecule has 0 aromatic carbocycles. The molecule has 2 aromatic heterocycles. The van der Waals surface area contributed by atoms with E-state index < -0.39 is 5.97 Å². The van der Waals surface area contributed by atoms with Gasteiger partial charge in [-0.15, -0.1) is 0 Å². The normalized spacial score (nSPS) is 10.4. The molecule has 0 bridgehead atoms. The van der Waals surface area contributed by atoms with Crippen LogP contribution in [0.2, 0.25) is 0 Å². The lowest BCUT2D eigenvalue weighted by atomic mass is 10.5. The summed E-state index contributed by atoms with van der Waals surface area (Å²) < 4.78 is 11.6. The first-order valence-electron chi connectivity index (χ1n) is 4.43. The highest BCUT2D eigenvalue weighted by Crippen LogP contribution is 2.20. The molecule has 2 aromatic rings. The SMILES string of the molecule is Cc1cc(Oc2nc(C(=O)O)co2)n(C)n1. The molecule has 7 heteroatoms. The van der Waals surface area contributed by atoms with Crippen molar-refractivity contribution in [1.82, 2.24) is 14.8 Å². The van der Waals surface area contributed by atoms with Crippen LogP contribution in [-0.4, -0.2) is 25.8 Å². The first kappa shape index (κ1) is 10.2. The van der Waals surface area contributed by atoms with Crippen molar-refractivity contribution in [2.24, 2.45) is 7.05 Å². The minimum atomic E-state index is -1.17. The summed E-state index contributed by atoms with van der Waals surface area (Å²) in [5, 5.41) is 12.7. The van der Waals surface area contributed by atoms with Gasteiger partial charge in [-0.3, -0.25) is 0 Å². The van der Waals surface area contributed by atoms with Crippen molar-refractivity contribution in [1.29, 1.82) is 0 Å². The Labute approximate surface area is 90.3 Å². The number of carboxylic acids is 1. The molecule has 0 aliphatic carbocycles. The summed E-state index contributed by atoms with van der Waals surface area (Å²) in [5.41, 5.74) is 0.580. The van der Waals surface area contributed by atoms with Gasteiger partial charge in [-0.25, -0.2) is 9.48 Å². The minimum Gasteiger partial charge on any atom is -0.476 e. The molecule has 0 atom stereocenters. The summed E-state index contributed by atoms with van der Waals surface area (Å²) in [7, 11) is 1.70. The fourth-order valence-electron chi connectivity index (χ4n) is 1.17. The Hall–Kier alpha value is -2.31. The lowest BCUT2D eigenvalue weighted by Crippen LogP contribution is -1.97. The third-order valence-electron chi connectivity index (χ3n) is 1.85. The predicted octanol–water partition coefficient (Wildman–Crippen LogP) is 1.21. The summed E-state index contributed by atoms with van der Waals surface area (Å²) >= 11 is 0. The Kier molecular flexibility index (Phi) is 2.35. The van der Waals surface area contributed by atoms with Gasteiger partial charge in [-0.05, 0) is 6.92 Å². The Morgan fingerprint density at radius 1 is 1.62 bits per heavy atom. The summed E-state index contributed by atoms with van der Waals surface area (Å²) in [6.07, 6.45) is 0.890. The van der Waals surface area contributed by atoms with Gasteiger partial charge in [0.1, 0.15) is 6.26 Å². The van der Waals surface area contributed by atoms with Gasteiger partial charge < -0.3 is 14.3 Å². The summed E-state index contributed by atoms with van der Waals surface area (Å²) in [5.74, 6) is -0.740. The maximum Gasteiger partial charge on any atom is 0.401 e. The van der Waals surface area contributed by atoms with Crippen LogP contribution in [0.3, 0.4) is 0 Å². The van der Waals surface area contributed by atoms with E-state index >= 15 is 0 Å². The Balaban J connectivity index is 2.20. The van der Waals surface area contributed by atoms with Crippen molar-refractivity contribution in [2.45, 2.75) is 6.92 Å². The summed E-state index contributed by atoms with van der Waals surface area (Å²) in [4.78, 5) is 14.2. The van der Waals surface area contributed by atoms with Gasteiger partial charge in [-0.2, -0.15) is 10.1 Å². The topological polar surface area (TPSA) is 90.4 Å². The van der Waals surface area contributed by atoms with E-state index in [1.165, 1.54) is 4.68 Å². The zero-order chi connectivity index (χ0) is 11.7. The second-order valence-corrected chi connectivity index (χ2v) is 3.15. The number of hydrogen-bond donors (Lipinski definition) is 1. The number of carbonyl (C=O) groups is 1. The molecule has 0 aliphatic rings. The number of aromatic carboxylic acids is 1. The van der Waals surface area contributed by atoms with Crippen LogP contribution in [0.15, 0.2) is 16.7 Å². The van der Waals surface area contributed by atoms with Gasteiger partial charge in [0.2, 0.25) is 5.88 Å². The first-order valence-corrected chi connectivity index (χ1v) is 4.43. The van der Waals surface area contributed by atoms with Crippen molar-refractivity contribution < 1.29 is 19.1 Å². The molecule has 0 aliphatic heterocycles. The van der Waals surface area contributed by atoms with E-state index in [9.17, 15) is 4.79 Å². The van der Waals surface area contributed by atoms with Crippen LogP contribution in [0.1, 0.15) is 16.2 Å². The van der Waals surface area contributed by atoms with Gasteiger partial charge in [0.25, 0.3) is 0 Å². The predicted molar refractivity (Wildman–Crippen MR) is 51.5 cm³/mol. The zero-order valence-corrected chi connectivity index (χ0v) is 8.67. The van der Waals surface area contributed by atoms with Crippen LogP contribution in [0.4, 0.5) is 0 Å². The third-order valence-corrected chi connectivity index (χ3v) is 1.85. The van der Waals surface area contributed by atoms with Crippen LogP contribution < -0.4 is 4.74 Å². The highest BCUT2D eigenvalue weighted by Gasteiger charge is 2.13. The lowest BCUT2D eigenvalue weighted by Gasteiger charge is -1.98. The second-order valence-electron chi connectivity index (χ2n) is 3.15. The number of nitrogens with zero attached hydrogens (tertiary/aromatic N) is 3. The lowest BCUT2D eigenvalue weighted by molar-refractivity contribution is 0.0690. The largest absolute Gasteiger partial charge is 0.476 e. The molecule has 2 rings (SSSR count). The van der Waals surface area contributed by atoms with Crippen molar-refractivity contribution in [3.05, 3.63) is 23.7 Å². The van der Waals surface area contributed by atoms with Gasteiger partial charge in [0, 0.05) is 13.1 Å². The van der Waals surface area contributed by atoms with Crippen LogP contribution in [0.25, 0.3) is 0 Å². The number of aryl methyl sites for hydroxylation is 2. The number of ether oxygens (including phenoxy) is 1. The molecule has 16 heavy (non-hydrogen) atoms. The first-order chi connectivity index (χ1) is 7.56. The van der Waals surface area contributed by atoms with Gasteiger partial charge >= 0.3 is 12.0 Å². The number of hydrogen-bond acceptors (Lipinski definition) is 5. The summed E-state index contributed by atoms with van der Waals surface area (Å²) in [6.45, 7) is 1.81. The Bertz CT molecular complexity index is 529. The maximum atomic E-state index is 10.5. The van der Waals surface area contributed by atoms with Crippen molar-refractivity contribution in [3.63, 3.8) is 0 Å². The van der Waals surface area contributed by atoms with Crippen molar-refractivity contribution in [2.75, 3.05) is 0 Å². The summed E-state index contributed by atoms with van der Waals surface area (Å²) in [6, 6.07) is 1.69.